The molecule has 0 atom stereocenters. The minimum absolute atomic E-state index is 0.0403. The highest BCUT2D eigenvalue weighted by molar-refractivity contribution is 6.04. The minimum Gasteiger partial charge on any atom is -0.427 e. The van der Waals surface area contributed by atoms with E-state index in [1.165, 1.54) is 22.8 Å². The summed E-state index contributed by atoms with van der Waals surface area (Å²) < 4.78 is 11.7. The number of aromatic nitrogens is 1. The van der Waals surface area contributed by atoms with Crippen LogP contribution in [0.5, 0.6) is 5.75 Å². The van der Waals surface area contributed by atoms with Crippen molar-refractivity contribution in [1.82, 2.24) is 4.57 Å². The first-order valence-corrected chi connectivity index (χ1v) is 10.4. The molecule has 0 fully saturated rings. The molecule has 10 nitrogen and oxygen atoms in total. The molecule has 0 unspecified atom stereocenters. The lowest BCUT2D eigenvalue weighted by Gasteiger charge is -2.08. The van der Waals surface area contributed by atoms with Gasteiger partial charge in [-0.25, -0.2) is 4.79 Å². The Labute approximate surface area is 192 Å². The third-order valence-corrected chi connectivity index (χ3v) is 5.01. The number of non-ortho nitro benzene ring substituents is 1. The summed E-state index contributed by atoms with van der Waals surface area (Å²) >= 11 is 0. The Morgan fingerprint density at radius 3 is 2.47 bits per heavy atom. The number of hydrogen-bond donors (Lipinski definition) is 1. The predicted octanol–water partition coefficient (Wildman–Crippen LogP) is 4.14. The summed E-state index contributed by atoms with van der Waals surface area (Å²) in [4.78, 5) is 46.7. The van der Waals surface area contributed by atoms with Crippen molar-refractivity contribution in [2.24, 2.45) is 0 Å². The first-order valence-electron chi connectivity index (χ1n) is 10.4. The summed E-state index contributed by atoms with van der Waals surface area (Å²) in [5.74, 6) is -1.07. The fourth-order valence-electron chi connectivity index (χ4n) is 3.34. The molecule has 4 aromatic rings. The quantitative estimate of drug-likeness (QED) is 0.180. The second-order valence-electron chi connectivity index (χ2n) is 7.35. The van der Waals surface area contributed by atoms with Crippen molar-refractivity contribution in [2.45, 2.75) is 19.4 Å². The number of nitrogens with zero attached hydrogens (tertiary/aromatic N) is 2. The van der Waals surface area contributed by atoms with Crippen molar-refractivity contribution in [2.75, 3.05) is 5.32 Å². The highest BCUT2D eigenvalue weighted by Gasteiger charge is 2.15. The zero-order valence-corrected chi connectivity index (χ0v) is 17.8. The third-order valence-electron chi connectivity index (χ3n) is 5.01. The molecule has 10 heteroatoms. The van der Waals surface area contributed by atoms with Gasteiger partial charge in [0, 0.05) is 30.3 Å². The molecule has 0 aliphatic heterocycles. The summed E-state index contributed by atoms with van der Waals surface area (Å²) in [6.45, 7) is 0.184. The molecule has 0 saturated carbocycles. The molecule has 3 aromatic carbocycles. The summed E-state index contributed by atoms with van der Waals surface area (Å²) in [5.41, 5.74) is 1.43. The van der Waals surface area contributed by atoms with Crippen LogP contribution in [0, 0.1) is 10.1 Å². The number of aryl methyl sites for hydroxylation is 1. The summed E-state index contributed by atoms with van der Waals surface area (Å²) in [5, 5.41) is 13.6. The Kier molecular flexibility index (Phi) is 6.49. The number of anilines is 1. The van der Waals surface area contributed by atoms with Crippen LogP contribution in [0.4, 0.5) is 11.4 Å². The van der Waals surface area contributed by atoms with Gasteiger partial charge >= 0.3 is 11.7 Å². The smallest absolute Gasteiger partial charge is 0.419 e. The van der Waals surface area contributed by atoms with Gasteiger partial charge in [0.25, 0.3) is 11.6 Å². The van der Waals surface area contributed by atoms with E-state index in [1.54, 1.807) is 48.5 Å². The Hall–Kier alpha value is -4.73. The number of nitro benzene ring substituents is 1. The van der Waals surface area contributed by atoms with Gasteiger partial charge in [-0.15, -0.1) is 0 Å². The second kappa shape index (κ2) is 9.82. The number of ether oxygens (including phenoxy) is 1. The lowest BCUT2D eigenvalue weighted by atomic mass is 10.2. The van der Waals surface area contributed by atoms with Gasteiger partial charge in [0.05, 0.1) is 16.5 Å². The van der Waals surface area contributed by atoms with Crippen LogP contribution >= 0.6 is 0 Å². The van der Waals surface area contributed by atoms with Crippen LogP contribution in [0.2, 0.25) is 0 Å². The predicted molar refractivity (Wildman–Crippen MR) is 123 cm³/mol. The third kappa shape index (κ3) is 5.18. The van der Waals surface area contributed by atoms with Gasteiger partial charge in [-0.05, 0) is 48.9 Å². The van der Waals surface area contributed by atoms with Gasteiger partial charge in [0.15, 0.2) is 5.58 Å². The standard InChI is InChI=1S/C24H19N3O7/c28-22(7-4-14-26-20-13-10-18(27(31)32)15-21(20)34-24(26)30)33-19-11-8-17(9-12-19)25-23(29)16-5-2-1-3-6-16/h1-3,5-6,8-13,15H,4,7,14H2,(H,25,29). The molecule has 0 radical (unpaired) electrons. The number of benzene rings is 3. The number of amides is 1. The highest BCUT2D eigenvalue weighted by atomic mass is 16.6. The van der Waals surface area contributed by atoms with Crippen molar-refractivity contribution in [3.8, 4) is 5.75 Å². The summed E-state index contributed by atoms with van der Waals surface area (Å²) in [6.07, 6.45) is 0.341. The molecule has 0 aliphatic rings. The topological polar surface area (TPSA) is 134 Å². The average molecular weight is 461 g/mol. The first kappa shape index (κ1) is 22.5. The van der Waals surface area contributed by atoms with E-state index >= 15 is 0 Å². The van der Waals surface area contributed by atoms with Crippen LogP contribution in [0.3, 0.4) is 0 Å². The van der Waals surface area contributed by atoms with Gasteiger partial charge in [0.2, 0.25) is 0 Å². The van der Waals surface area contributed by atoms with Crippen LogP contribution in [0.15, 0.2) is 82.0 Å². The van der Waals surface area contributed by atoms with Crippen molar-refractivity contribution in [3.05, 3.63) is 99.0 Å². The normalized spacial score (nSPS) is 10.7. The van der Waals surface area contributed by atoms with E-state index in [2.05, 4.69) is 5.32 Å². The number of esters is 1. The second-order valence-corrected chi connectivity index (χ2v) is 7.35. The molecule has 0 saturated heterocycles. The van der Waals surface area contributed by atoms with Crippen molar-refractivity contribution >= 4 is 34.4 Å². The van der Waals surface area contributed by atoms with Crippen LogP contribution in [-0.2, 0) is 11.3 Å². The lowest BCUT2D eigenvalue weighted by molar-refractivity contribution is -0.384. The maximum absolute atomic E-state index is 12.2. The SMILES string of the molecule is O=C(CCCn1c(=O)oc2cc([N+](=O)[O-])ccc21)Oc1ccc(NC(=O)c2ccccc2)cc1. The molecule has 0 spiro atoms. The molecule has 1 N–H and O–H groups in total. The van der Waals surface area contributed by atoms with Crippen molar-refractivity contribution in [3.63, 3.8) is 0 Å². The first-order chi connectivity index (χ1) is 16.4. The fourth-order valence-corrected chi connectivity index (χ4v) is 3.34. The minimum atomic E-state index is -0.656. The van der Waals surface area contributed by atoms with E-state index in [1.807, 2.05) is 6.07 Å². The van der Waals surface area contributed by atoms with Crippen LogP contribution in [0.1, 0.15) is 23.2 Å². The molecule has 0 aliphatic carbocycles. The molecule has 4 rings (SSSR count). The van der Waals surface area contributed by atoms with E-state index in [4.69, 9.17) is 9.15 Å². The van der Waals surface area contributed by atoms with Crippen molar-refractivity contribution < 1.29 is 23.7 Å². The van der Waals surface area contributed by atoms with E-state index in [-0.39, 0.29) is 30.1 Å². The van der Waals surface area contributed by atoms with E-state index in [0.717, 1.165) is 0 Å². The Bertz CT molecular complexity index is 1410. The number of oxazole rings is 1. The van der Waals surface area contributed by atoms with Crippen molar-refractivity contribution in [1.29, 1.82) is 0 Å². The van der Waals surface area contributed by atoms with Gasteiger partial charge < -0.3 is 14.5 Å². The molecule has 1 amide bonds. The molecular weight excluding hydrogens is 442 g/mol. The lowest BCUT2D eigenvalue weighted by Crippen LogP contribution is -2.16. The van der Waals surface area contributed by atoms with E-state index in [0.29, 0.717) is 28.9 Å². The van der Waals surface area contributed by atoms with Crippen LogP contribution < -0.4 is 15.8 Å². The zero-order chi connectivity index (χ0) is 24.1. The van der Waals surface area contributed by atoms with Gasteiger partial charge in [-0.2, -0.15) is 0 Å². The maximum Gasteiger partial charge on any atom is 0.419 e. The molecule has 1 aromatic heterocycles. The fraction of sp³-hybridized carbons (Fsp3) is 0.125. The number of rotatable bonds is 8. The largest absolute Gasteiger partial charge is 0.427 e. The van der Waals surface area contributed by atoms with Gasteiger partial charge in [-0.1, -0.05) is 18.2 Å². The summed E-state index contributed by atoms with van der Waals surface area (Å²) in [7, 11) is 0. The van der Waals surface area contributed by atoms with E-state index in [9.17, 15) is 24.5 Å². The molecule has 34 heavy (non-hydrogen) atoms. The van der Waals surface area contributed by atoms with Crippen LogP contribution in [-0.4, -0.2) is 21.4 Å². The Morgan fingerprint density at radius 2 is 1.76 bits per heavy atom. The Morgan fingerprint density at radius 1 is 1.03 bits per heavy atom. The summed E-state index contributed by atoms with van der Waals surface area (Å²) in [6, 6.07) is 19.1. The number of hydrogen-bond acceptors (Lipinski definition) is 7. The number of fused-ring (bicyclic) bond motifs is 1. The highest BCUT2D eigenvalue weighted by Crippen LogP contribution is 2.21. The molecule has 172 valence electrons. The molecule has 1 heterocycles. The zero-order valence-electron chi connectivity index (χ0n) is 17.8. The number of carbonyl (C=O) groups is 2. The number of nitrogens with one attached hydrogen (secondary N) is 1. The molecular formula is C24H19N3O7. The van der Waals surface area contributed by atoms with E-state index < -0.39 is 16.6 Å². The molecule has 0 bridgehead atoms. The number of carbonyl (C=O) groups excluding carboxylic acids is 2. The Balaban J connectivity index is 1.30. The maximum atomic E-state index is 12.2. The number of nitro groups is 1. The van der Waals surface area contributed by atoms with Gasteiger partial charge in [-0.3, -0.25) is 24.3 Å². The van der Waals surface area contributed by atoms with Gasteiger partial charge in [0.1, 0.15) is 5.75 Å². The van der Waals surface area contributed by atoms with Crippen LogP contribution in [0.25, 0.3) is 11.1 Å². The average Bonchev–Trinajstić information content (AvgIpc) is 3.15. The monoisotopic (exact) mass is 461 g/mol.